The van der Waals surface area contributed by atoms with Crippen molar-refractivity contribution in [2.24, 2.45) is 0 Å². The second kappa shape index (κ2) is 6.20. The zero-order chi connectivity index (χ0) is 12.1. The summed E-state index contributed by atoms with van der Waals surface area (Å²) in [6.45, 7) is 2.25. The van der Waals surface area contributed by atoms with Gasteiger partial charge in [0.2, 0.25) is 0 Å². The van der Waals surface area contributed by atoms with E-state index in [2.05, 4.69) is 0 Å². The third-order valence-electron chi connectivity index (χ3n) is 2.45. The highest BCUT2D eigenvalue weighted by Crippen LogP contribution is 2.23. The van der Waals surface area contributed by atoms with Crippen LogP contribution in [0.25, 0.3) is 0 Å². The average Bonchev–Trinajstić information content (AvgIpc) is 2.65. The van der Waals surface area contributed by atoms with Crippen LogP contribution in [0.15, 0.2) is 0 Å². The first-order chi connectivity index (χ1) is 7.52. The number of thiocarbonyl (C=S) groups is 1. The number of rotatable bonds is 4. The summed E-state index contributed by atoms with van der Waals surface area (Å²) in [5.74, 6) is -0.0460. The van der Waals surface area contributed by atoms with Crippen LogP contribution in [0.1, 0.15) is 26.2 Å². The number of likely N-dealkylation sites (tertiary alicyclic amines) is 1. The molecule has 0 aromatic rings. The first-order valence-corrected chi connectivity index (χ1v) is 6.57. The molecule has 0 saturated carbocycles. The highest BCUT2D eigenvalue weighted by Gasteiger charge is 2.31. The Morgan fingerprint density at radius 3 is 2.81 bits per heavy atom. The molecule has 1 unspecified atom stereocenters. The SMILES string of the molecule is CC(=O)CCSC(=S)N1CCCC1C(=O)O. The highest BCUT2D eigenvalue weighted by atomic mass is 32.2. The Morgan fingerprint density at radius 2 is 2.25 bits per heavy atom. The van der Waals surface area contributed by atoms with Gasteiger partial charge in [-0.15, -0.1) is 0 Å². The van der Waals surface area contributed by atoms with Crippen molar-refractivity contribution in [2.75, 3.05) is 12.3 Å². The second-order valence-electron chi connectivity index (χ2n) is 3.76. The van der Waals surface area contributed by atoms with Crippen LogP contribution < -0.4 is 0 Å². The Kier molecular flexibility index (Phi) is 5.21. The van der Waals surface area contributed by atoms with Gasteiger partial charge in [-0.25, -0.2) is 4.79 Å². The number of carbonyl (C=O) groups excluding carboxylic acids is 1. The fraction of sp³-hybridized carbons (Fsp3) is 0.700. The Labute approximate surface area is 104 Å². The van der Waals surface area contributed by atoms with E-state index in [9.17, 15) is 9.59 Å². The summed E-state index contributed by atoms with van der Waals surface area (Å²) in [5, 5.41) is 8.98. The van der Waals surface area contributed by atoms with Gasteiger partial charge in [0.25, 0.3) is 0 Å². The summed E-state index contributed by atoms with van der Waals surface area (Å²) in [7, 11) is 0. The van der Waals surface area contributed by atoms with Crippen molar-refractivity contribution in [1.29, 1.82) is 0 Å². The quantitative estimate of drug-likeness (QED) is 0.775. The molecule has 0 aromatic carbocycles. The zero-order valence-electron chi connectivity index (χ0n) is 9.14. The lowest BCUT2D eigenvalue weighted by Gasteiger charge is -2.23. The molecular weight excluding hydrogens is 246 g/mol. The number of carbonyl (C=O) groups is 2. The van der Waals surface area contributed by atoms with Gasteiger partial charge in [-0.1, -0.05) is 24.0 Å². The van der Waals surface area contributed by atoms with Crippen LogP contribution in [0, 0.1) is 0 Å². The first kappa shape index (κ1) is 13.4. The van der Waals surface area contributed by atoms with Crippen molar-refractivity contribution in [2.45, 2.75) is 32.2 Å². The van der Waals surface area contributed by atoms with Crippen molar-refractivity contribution in [1.82, 2.24) is 4.90 Å². The minimum Gasteiger partial charge on any atom is -0.480 e. The number of carboxylic acids is 1. The summed E-state index contributed by atoms with van der Waals surface area (Å²) >= 11 is 6.57. The molecule has 1 atom stereocenters. The predicted octanol–water partition coefficient (Wildman–Crippen LogP) is 1.53. The first-order valence-electron chi connectivity index (χ1n) is 5.18. The van der Waals surface area contributed by atoms with Crippen LogP contribution in [0.4, 0.5) is 0 Å². The molecular formula is C10H15NO3S2. The lowest BCUT2D eigenvalue weighted by Crippen LogP contribution is -2.38. The van der Waals surface area contributed by atoms with Gasteiger partial charge >= 0.3 is 5.97 Å². The minimum atomic E-state index is -0.813. The summed E-state index contributed by atoms with van der Waals surface area (Å²) in [4.78, 5) is 23.4. The molecule has 0 amide bonds. The molecule has 16 heavy (non-hydrogen) atoms. The summed E-state index contributed by atoms with van der Waals surface area (Å²) in [5.41, 5.74) is 0. The molecule has 1 aliphatic rings. The van der Waals surface area contributed by atoms with Gasteiger partial charge in [-0.05, 0) is 19.8 Å². The fourth-order valence-corrected chi connectivity index (χ4v) is 3.02. The average molecular weight is 261 g/mol. The zero-order valence-corrected chi connectivity index (χ0v) is 10.8. The molecule has 1 heterocycles. The summed E-state index contributed by atoms with van der Waals surface area (Å²) in [6, 6.07) is -0.475. The standard InChI is InChI=1S/C10H15NO3S2/c1-7(12)4-6-16-10(15)11-5-2-3-8(11)9(13)14/h8H,2-6H2,1H3,(H,13,14). The normalized spacial score (nSPS) is 19.8. The van der Waals surface area contributed by atoms with Gasteiger partial charge in [0.05, 0.1) is 0 Å². The third-order valence-corrected chi connectivity index (χ3v) is 3.93. The number of hydrogen-bond donors (Lipinski definition) is 1. The number of ketones is 1. The maximum Gasteiger partial charge on any atom is 0.326 e. The van der Waals surface area contributed by atoms with E-state index < -0.39 is 12.0 Å². The summed E-state index contributed by atoms with van der Waals surface area (Å²) < 4.78 is 0.603. The molecule has 6 heteroatoms. The van der Waals surface area contributed by atoms with Crippen LogP contribution in [-0.2, 0) is 9.59 Å². The van der Waals surface area contributed by atoms with Crippen LogP contribution >= 0.6 is 24.0 Å². The lowest BCUT2D eigenvalue weighted by molar-refractivity contribution is -0.140. The van der Waals surface area contributed by atoms with Crippen LogP contribution in [0.5, 0.6) is 0 Å². The van der Waals surface area contributed by atoms with Crippen LogP contribution in [-0.4, -0.2) is 44.4 Å². The van der Waals surface area contributed by atoms with Crippen molar-refractivity contribution in [3.63, 3.8) is 0 Å². The van der Waals surface area contributed by atoms with Gasteiger partial charge in [-0.3, -0.25) is 4.79 Å². The van der Waals surface area contributed by atoms with E-state index in [4.69, 9.17) is 17.3 Å². The molecule has 1 saturated heterocycles. The number of carboxylic acid groups (broad SMARTS) is 1. The molecule has 0 radical (unpaired) electrons. The number of thioether (sulfide) groups is 1. The van der Waals surface area contributed by atoms with Crippen LogP contribution in [0.2, 0.25) is 0 Å². The van der Waals surface area contributed by atoms with Gasteiger partial charge in [-0.2, -0.15) is 0 Å². The van der Waals surface area contributed by atoms with E-state index in [0.717, 1.165) is 6.42 Å². The molecule has 4 nitrogen and oxygen atoms in total. The Morgan fingerprint density at radius 1 is 1.56 bits per heavy atom. The molecule has 1 rings (SSSR count). The fourth-order valence-electron chi connectivity index (χ4n) is 1.61. The minimum absolute atomic E-state index is 0.131. The van der Waals surface area contributed by atoms with Crippen molar-refractivity contribution >= 4 is 40.1 Å². The molecule has 0 spiro atoms. The van der Waals surface area contributed by atoms with E-state index in [1.807, 2.05) is 0 Å². The third kappa shape index (κ3) is 3.75. The number of Topliss-reactive ketones (excluding diaryl/α,β-unsaturated/α-hetero) is 1. The molecule has 1 fully saturated rings. The van der Waals surface area contributed by atoms with Gasteiger partial charge < -0.3 is 10.0 Å². The molecule has 90 valence electrons. The number of nitrogens with zero attached hydrogens (tertiary/aromatic N) is 1. The van der Waals surface area contributed by atoms with Gasteiger partial charge in [0.1, 0.15) is 16.1 Å². The second-order valence-corrected chi connectivity index (χ2v) is 5.48. The van der Waals surface area contributed by atoms with Crippen LogP contribution in [0.3, 0.4) is 0 Å². The maximum absolute atomic E-state index is 10.9. The van der Waals surface area contributed by atoms with Gasteiger partial charge in [0.15, 0.2) is 0 Å². The largest absolute Gasteiger partial charge is 0.480 e. The molecule has 1 N–H and O–H groups in total. The molecule has 0 bridgehead atoms. The maximum atomic E-state index is 10.9. The molecule has 0 aliphatic carbocycles. The highest BCUT2D eigenvalue weighted by molar-refractivity contribution is 8.22. The van der Waals surface area contributed by atoms with E-state index in [0.29, 0.717) is 29.5 Å². The van der Waals surface area contributed by atoms with Crippen molar-refractivity contribution in [3.05, 3.63) is 0 Å². The lowest BCUT2D eigenvalue weighted by atomic mass is 10.2. The van der Waals surface area contributed by atoms with E-state index in [1.165, 1.54) is 11.8 Å². The van der Waals surface area contributed by atoms with Gasteiger partial charge in [0, 0.05) is 18.7 Å². The van der Waals surface area contributed by atoms with Crippen molar-refractivity contribution in [3.8, 4) is 0 Å². The predicted molar refractivity (Wildman–Crippen MR) is 67.7 cm³/mol. The summed E-state index contributed by atoms with van der Waals surface area (Å²) in [6.07, 6.45) is 2.00. The van der Waals surface area contributed by atoms with Crippen molar-refractivity contribution < 1.29 is 14.7 Å². The Balaban J connectivity index is 2.41. The smallest absolute Gasteiger partial charge is 0.326 e. The number of aliphatic carboxylic acids is 1. The Bertz CT molecular complexity index is 306. The van der Waals surface area contributed by atoms with E-state index in [1.54, 1.807) is 11.8 Å². The molecule has 1 aliphatic heterocycles. The topological polar surface area (TPSA) is 57.6 Å². The monoisotopic (exact) mass is 261 g/mol. The molecule has 0 aromatic heterocycles. The Hall–Kier alpha value is -0.620. The van der Waals surface area contributed by atoms with E-state index in [-0.39, 0.29) is 5.78 Å². The number of hydrogen-bond acceptors (Lipinski definition) is 4. The van der Waals surface area contributed by atoms with E-state index >= 15 is 0 Å².